The van der Waals surface area contributed by atoms with Crippen molar-refractivity contribution in [1.82, 2.24) is 9.36 Å². The van der Waals surface area contributed by atoms with Crippen LogP contribution in [0, 0.1) is 0 Å². The quantitative estimate of drug-likeness (QED) is 0.809. The van der Waals surface area contributed by atoms with E-state index in [0.717, 1.165) is 23.7 Å². The van der Waals surface area contributed by atoms with Crippen LogP contribution in [0.5, 0.6) is 0 Å². The van der Waals surface area contributed by atoms with Crippen molar-refractivity contribution in [2.24, 2.45) is 0 Å². The zero-order valence-electron chi connectivity index (χ0n) is 10.8. The number of hydrogen-bond acceptors (Lipinski definition) is 6. The second-order valence-electron chi connectivity index (χ2n) is 4.10. The molecule has 0 spiro atoms. The Morgan fingerprint density at radius 3 is 2.68 bits per heavy atom. The molecular formula is C13H17N3O2S. The maximum absolute atomic E-state index is 8.96. The third kappa shape index (κ3) is 4.27. The minimum absolute atomic E-state index is 0.0889. The molecule has 1 aromatic heterocycles. The topological polar surface area (TPSA) is 67.3 Å². The third-order valence-corrected chi connectivity index (χ3v) is 3.35. The maximum Gasteiger partial charge on any atom is 0.202 e. The fourth-order valence-corrected chi connectivity index (χ4v) is 2.24. The fraction of sp³-hybridized carbons (Fsp3) is 0.385. The lowest BCUT2D eigenvalue weighted by molar-refractivity contribution is 0.179. The van der Waals surface area contributed by atoms with E-state index in [1.807, 2.05) is 24.3 Å². The van der Waals surface area contributed by atoms with Crippen LogP contribution in [0.2, 0.25) is 0 Å². The number of methoxy groups -OCH3 is 1. The lowest BCUT2D eigenvalue weighted by Crippen LogP contribution is -2.04. The molecule has 2 rings (SSSR count). The van der Waals surface area contributed by atoms with Crippen LogP contribution in [0.4, 0.5) is 5.13 Å². The Bertz CT molecular complexity index is 499. The highest BCUT2D eigenvalue weighted by molar-refractivity contribution is 7.09. The molecule has 5 nitrogen and oxygen atoms in total. The Kier molecular flexibility index (Phi) is 5.26. The van der Waals surface area contributed by atoms with E-state index in [-0.39, 0.29) is 6.61 Å². The molecule has 6 heteroatoms. The molecule has 0 radical (unpaired) electrons. The van der Waals surface area contributed by atoms with Gasteiger partial charge in [0.2, 0.25) is 5.13 Å². The monoisotopic (exact) mass is 279 g/mol. The molecule has 2 N–H and O–H groups in total. The molecule has 1 aromatic carbocycles. The summed E-state index contributed by atoms with van der Waals surface area (Å²) in [6, 6.07) is 7.95. The van der Waals surface area contributed by atoms with Gasteiger partial charge in [0.15, 0.2) is 5.82 Å². The highest BCUT2D eigenvalue weighted by Gasteiger charge is 2.02. The van der Waals surface area contributed by atoms with Crippen LogP contribution in [0.25, 0.3) is 0 Å². The van der Waals surface area contributed by atoms with Crippen LogP contribution in [0.15, 0.2) is 24.3 Å². The van der Waals surface area contributed by atoms with Crippen molar-refractivity contribution in [3.63, 3.8) is 0 Å². The zero-order valence-corrected chi connectivity index (χ0v) is 11.6. The first-order valence-electron chi connectivity index (χ1n) is 6.06. The number of nitrogens with zero attached hydrogens (tertiary/aromatic N) is 2. The highest BCUT2D eigenvalue weighted by atomic mass is 32.1. The van der Waals surface area contributed by atoms with Crippen molar-refractivity contribution in [3.05, 3.63) is 41.2 Å². The van der Waals surface area contributed by atoms with E-state index in [0.29, 0.717) is 12.4 Å². The number of nitrogens with one attached hydrogen (secondary N) is 1. The van der Waals surface area contributed by atoms with Gasteiger partial charge in [-0.05, 0) is 17.5 Å². The van der Waals surface area contributed by atoms with Crippen LogP contribution in [0.3, 0.4) is 0 Å². The standard InChI is InChI=1S/C13H17N3O2S/c1-18-9-12-15-13(19-16-12)14-7-6-10-2-4-11(8-17)5-3-10/h2-5,17H,6-9H2,1H3,(H,14,15,16). The molecule has 0 aliphatic rings. The van der Waals surface area contributed by atoms with E-state index in [1.165, 1.54) is 17.1 Å². The average molecular weight is 279 g/mol. The smallest absolute Gasteiger partial charge is 0.202 e. The van der Waals surface area contributed by atoms with Gasteiger partial charge in [-0.25, -0.2) is 4.98 Å². The van der Waals surface area contributed by atoms with Crippen LogP contribution in [-0.2, 0) is 24.4 Å². The van der Waals surface area contributed by atoms with E-state index in [1.54, 1.807) is 7.11 Å². The minimum atomic E-state index is 0.0889. The Morgan fingerprint density at radius 2 is 2.00 bits per heavy atom. The van der Waals surface area contributed by atoms with Crippen LogP contribution < -0.4 is 5.32 Å². The summed E-state index contributed by atoms with van der Waals surface area (Å²) in [6.07, 6.45) is 0.908. The van der Waals surface area contributed by atoms with Crippen molar-refractivity contribution in [2.45, 2.75) is 19.6 Å². The number of anilines is 1. The van der Waals surface area contributed by atoms with E-state index in [9.17, 15) is 0 Å². The van der Waals surface area contributed by atoms with Gasteiger partial charge >= 0.3 is 0 Å². The predicted molar refractivity (Wildman–Crippen MR) is 75.2 cm³/mol. The molecule has 0 fully saturated rings. The highest BCUT2D eigenvalue weighted by Crippen LogP contribution is 2.12. The van der Waals surface area contributed by atoms with Crippen molar-refractivity contribution >= 4 is 16.7 Å². The largest absolute Gasteiger partial charge is 0.392 e. The number of ether oxygens (including phenoxy) is 1. The molecule has 0 amide bonds. The van der Waals surface area contributed by atoms with Gasteiger partial charge in [0.05, 0.1) is 6.61 Å². The summed E-state index contributed by atoms with van der Waals surface area (Å²) >= 11 is 1.35. The molecule has 2 aromatic rings. The third-order valence-electron chi connectivity index (χ3n) is 2.64. The van der Waals surface area contributed by atoms with Crippen molar-refractivity contribution < 1.29 is 9.84 Å². The molecule has 0 aliphatic carbocycles. The molecule has 0 saturated carbocycles. The molecular weight excluding hydrogens is 262 g/mol. The number of aromatic nitrogens is 2. The molecule has 0 atom stereocenters. The van der Waals surface area contributed by atoms with Gasteiger partial charge in [0.1, 0.15) is 6.61 Å². The fourth-order valence-electron chi connectivity index (χ4n) is 1.64. The van der Waals surface area contributed by atoms with Crippen molar-refractivity contribution in [1.29, 1.82) is 0 Å². The first-order valence-corrected chi connectivity index (χ1v) is 6.83. The van der Waals surface area contributed by atoms with Crippen LogP contribution in [0.1, 0.15) is 17.0 Å². The van der Waals surface area contributed by atoms with E-state index in [2.05, 4.69) is 14.7 Å². The predicted octanol–water partition coefficient (Wildman–Crippen LogP) is 1.83. The molecule has 0 saturated heterocycles. The molecule has 0 unspecified atom stereocenters. The molecule has 19 heavy (non-hydrogen) atoms. The summed E-state index contributed by atoms with van der Waals surface area (Å²) in [4.78, 5) is 4.30. The SMILES string of the molecule is COCc1nsc(NCCc2ccc(CO)cc2)n1. The lowest BCUT2D eigenvalue weighted by Gasteiger charge is -2.03. The van der Waals surface area contributed by atoms with Gasteiger partial charge < -0.3 is 15.2 Å². The van der Waals surface area contributed by atoms with E-state index >= 15 is 0 Å². The average Bonchev–Trinajstić information content (AvgIpc) is 2.88. The van der Waals surface area contributed by atoms with Crippen LogP contribution in [-0.4, -0.2) is 28.1 Å². The second kappa shape index (κ2) is 7.18. The summed E-state index contributed by atoms with van der Waals surface area (Å²) in [5, 5.41) is 13.0. The number of benzene rings is 1. The van der Waals surface area contributed by atoms with E-state index < -0.39 is 0 Å². The number of hydrogen-bond donors (Lipinski definition) is 2. The lowest BCUT2D eigenvalue weighted by atomic mass is 10.1. The van der Waals surface area contributed by atoms with Gasteiger partial charge in [-0.3, -0.25) is 0 Å². The summed E-state index contributed by atoms with van der Waals surface area (Å²) in [7, 11) is 1.63. The Labute approximate surface area is 116 Å². The molecule has 102 valence electrons. The van der Waals surface area contributed by atoms with Gasteiger partial charge in [-0.2, -0.15) is 4.37 Å². The summed E-state index contributed by atoms with van der Waals surface area (Å²) in [6.45, 7) is 1.34. The summed E-state index contributed by atoms with van der Waals surface area (Å²) in [5.41, 5.74) is 2.16. The Morgan fingerprint density at radius 1 is 1.26 bits per heavy atom. The first-order chi connectivity index (χ1) is 9.31. The number of aliphatic hydroxyl groups is 1. The zero-order chi connectivity index (χ0) is 13.5. The van der Waals surface area contributed by atoms with Gasteiger partial charge in [0, 0.05) is 25.2 Å². The Hall–Kier alpha value is -1.50. The van der Waals surface area contributed by atoms with Gasteiger partial charge in [-0.1, -0.05) is 24.3 Å². The Balaban J connectivity index is 1.78. The van der Waals surface area contributed by atoms with Gasteiger partial charge in [-0.15, -0.1) is 0 Å². The summed E-state index contributed by atoms with van der Waals surface area (Å²) in [5.74, 6) is 0.710. The second-order valence-corrected chi connectivity index (χ2v) is 4.85. The van der Waals surface area contributed by atoms with Crippen molar-refractivity contribution in [3.8, 4) is 0 Å². The number of aliphatic hydroxyl groups excluding tert-OH is 1. The summed E-state index contributed by atoms with van der Waals surface area (Å²) < 4.78 is 9.14. The molecule has 0 aliphatic heterocycles. The maximum atomic E-state index is 8.96. The van der Waals surface area contributed by atoms with Gasteiger partial charge in [0.25, 0.3) is 0 Å². The molecule has 0 bridgehead atoms. The molecule has 1 heterocycles. The minimum Gasteiger partial charge on any atom is -0.392 e. The number of rotatable bonds is 7. The van der Waals surface area contributed by atoms with Crippen LogP contribution >= 0.6 is 11.5 Å². The normalized spacial score (nSPS) is 10.6. The van der Waals surface area contributed by atoms with E-state index in [4.69, 9.17) is 9.84 Å². The first kappa shape index (κ1) is 13.9. The van der Waals surface area contributed by atoms with Crippen molar-refractivity contribution in [2.75, 3.05) is 19.0 Å².